The number of benzene rings is 7. The second-order valence-corrected chi connectivity index (χ2v) is 36.5. The number of aromatic nitrogens is 24. The quantitative estimate of drug-likeness (QED) is 0.0227. The van der Waals surface area contributed by atoms with E-state index in [1.54, 1.807) is 139 Å². The van der Waals surface area contributed by atoms with E-state index < -0.39 is 47.8 Å². The first-order valence-corrected chi connectivity index (χ1v) is 48.3. The minimum Gasteiger partial charge on any atom is -0.392 e. The Kier molecular flexibility index (Phi) is 31.2. The average Bonchev–Trinajstić information content (AvgIpc) is 1.73. The van der Waals surface area contributed by atoms with Crippen molar-refractivity contribution < 1.29 is 29.4 Å². The highest BCUT2D eigenvalue weighted by molar-refractivity contribution is 6.31. The molecule has 2 aliphatic heterocycles. The maximum absolute atomic E-state index is 13.3. The Balaban J connectivity index is 0.000000131. The summed E-state index contributed by atoms with van der Waals surface area (Å²) in [5.74, 6) is 1.49. The highest BCUT2D eigenvalue weighted by Crippen LogP contribution is 2.32. The summed E-state index contributed by atoms with van der Waals surface area (Å²) < 4.78 is 6.16. The third kappa shape index (κ3) is 24.8. The van der Waals surface area contributed by atoms with Crippen molar-refractivity contribution in [2.45, 2.75) is 96.5 Å². The van der Waals surface area contributed by atoms with Crippen LogP contribution in [-0.2, 0) is 19.6 Å². The summed E-state index contributed by atoms with van der Waals surface area (Å²) in [5.41, 5.74) is 42.7. The predicted molar refractivity (Wildman–Crippen MR) is 563 cm³/mol. The molecule has 48 heteroatoms. The molecule has 19 aromatic rings. The molecule has 7 aromatic carbocycles. The van der Waals surface area contributed by atoms with Crippen molar-refractivity contribution in [1.29, 1.82) is 0 Å². The number of nitrogens with two attached hydrogens (primary N) is 5. The van der Waals surface area contributed by atoms with Crippen LogP contribution in [0.3, 0.4) is 0 Å². The molecule has 12 aromatic heterocycles. The van der Waals surface area contributed by atoms with Gasteiger partial charge in [0, 0.05) is 100 Å². The molecule has 2 aliphatic rings. The van der Waals surface area contributed by atoms with Crippen LogP contribution < -0.4 is 65.9 Å². The van der Waals surface area contributed by atoms with Crippen molar-refractivity contribution in [1.82, 2.24) is 150 Å². The molecule has 2 saturated heterocycles. The molecule has 14 heterocycles. The number of nitrogens with one attached hydrogen (secondary N) is 7. The lowest BCUT2D eigenvalue weighted by molar-refractivity contribution is 0.0925. The van der Waals surface area contributed by atoms with Crippen LogP contribution >= 0.6 is 46.4 Å². The number of amides is 4. The number of likely N-dealkylation sites (tertiary alicyclic amines) is 2. The summed E-state index contributed by atoms with van der Waals surface area (Å²) in [6.07, 6.45) is 7.24. The molecule has 2 fully saturated rings. The number of anilines is 10. The van der Waals surface area contributed by atoms with Gasteiger partial charge in [-0.2, -0.15) is 23.2 Å². The van der Waals surface area contributed by atoms with E-state index in [0.29, 0.717) is 121 Å². The molecular weight excluding hydrogens is 1980 g/mol. The lowest BCUT2D eigenvalue weighted by atomic mass is 10.1. The van der Waals surface area contributed by atoms with Crippen LogP contribution in [0.2, 0.25) is 20.2 Å². The first kappa shape index (κ1) is 102. The molecular formula is C101H96Cl4N38O6. The van der Waals surface area contributed by atoms with Crippen molar-refractivity contribution in [2.24, 2.45) is 5.73 Å². The Morgan fingerprint density at radius 2 is 0.638 bits per heavy atom. The minimum absolute atomic E-state index is 0.0114. The van der Waals surface area contributed by atoms with E-state index in [-0.39, 0.29) is 63.4 Å². The van der Waals surface area contributed by atoms with Gasteiger partial charge in [0.25, 0.3) is 23.6 Å². The van der Waals surface area contributed by atoms with Crippen molar-refractivity contribution in [2.75, 3.05) is 65.1 Å². The number of hydrogen-bond acceptors (Lipinski definition) is 36. The van der Waals surface area contributed by atoms with Crippen LogP contribution in [0.15, 0.2) is 249 Å². The second-order valence-electron chi connectivity index (χ2n) is 34.8. The number of hydrogen-bond donors (Lipinski definition) is 14. The van der Waals surface area contributed by atoms with Crippen molar-refractivity contribution in [3.05, 3.63) is 332 Å². The Hall–Kier alpha value is -17.5. The number of carbonyl (C=O) groups excluding carboxylic acids is 4. The number of rotatable bonds is 27. The van der Waals surface area contributed by atoms with Gasteiger partial charge in [-0.3, -0.25) is 29.0 Å². The normalized spacial score (nSPS) is 14.2. The lowest BCUT2D eigenvalue weighted by Gasteiger charge is -2.15. The number of carbonyl (C=O) groups is 4. The first-order chi connectivity index (χ1) is 72.1. The van der Waals surface area contributed by atoms with Crippen LogP contribution in [0, 0.1) is 0 Å². The Bertz CT molecular complexity index is 7840. The number of β-amino-alcohol motifs (C(OH)–C–C–N with tert-alkyl or cyclic N) is 2. The van der Waals surface area contributed by atoms with Gasteiger partial charge in [0.15, 0.2) is 109 Å². The zero-order valence-electron chi connectivity index (χ0n) is 80.1. The molecule has 6 atom stereocenters. The fourth-order valence-corrected chi connectivity index (χ4v) is 16.9. The van der Waals surface area contributed by atoms with E-state index >= 15 is 0 Å². The van der Waals surface area contributed by atoms with E-state index in [9.17, 15) is 29.4 Å². The number of aliphatic hydroxyl groups excluding tert-OH is 2. The number of halogens is 4. The predicted octanol–water partition coefficient (Wildman–Crippen LogP) is 13.1. The monoisotopic (exact) mass is 2080 g/mol. The maximum atomic E-state index is 13.3. The first-order valence-electron chi connectivity index (χ1n) is 46.8. The van der Waals surface area contributed by atoms with Gasteiger partial charge in [-0.05, 0) is 160 Å². The zero-order valence-corrected chi connectivity index (χ0v) is 83.1. The molecule has 21 rings (SSSR count). The van der Waals surface area contributed by atoms with Gasteiger partial charge < -0.3 is 76.1 Å². The molecule has 149 heavy (non-hydrogen) atoms. The third-order valence-electron chi connectivity index (χ3n) is 23.8. The summed E-state index contributed by atoms with van der Waals surface area (Å²) >= 11 is 24.2. The molecule has 0 radical (unpaired) electrons. The van der Waals surface area contributed by atoms with Crippen molar-refractivity contribution >= 4 is 150 Å². The third-order valence-corrected chi connectivity index (χ3v) is 24.7. The summed E-state index contributed by atoms with van der Waals surface area (Å²) in [6, 6.07) is 66.4. The molecule has 0 bridgehead atoms. The van der Waals surface area contributed by atoms with Crippen molar-refractivity contribution in [3.63, 3.8) is 0 Å². The number of aliphatic hydroxyl groups is 2. The lowest BCUT2D eigenvalue weighted by Crippen LogP contribution is -2.30. The molecule has 0 unspecified atom stereocenters. The number of nitrogen functional groups attached to an aromatic ring is 4. The summed E-state index contributed by atoms with van der Waals surface area (Å²) in [6.45, 7) is 12.2. The van der Waals surface area contributed by atoms with E-state index in [2.05, 4.69) is 148 Å². The van der Waals surface area contributed by atoms with E-state index in [4.69, 9.17) is 75.1 Å². The molecule has 0 spiro atoms. The number of fused-ring (bicyclic) bond motifs is 4. The van der Waals surface area contributed by atoms with Gasteiger partial charge in [-0.1, -0.05) is 168 Å². The fourth-order valence-electron chi connectivity index (χ4n) is 16.2. The second kappa shape index (κ2) is 45.8. The minimum atomic E-state index is -0.574. The summed E-state index contributed by atoms with van der Waals surface area (Å²) in [5, 5.41) is 93.9. The molecule has 19 N–H and O–H groups in total. The van der Waals surface area contributed by atoms with Gasteiger partial charge in [0.1, 0.15) is 5.15 Å². The summed E-state index contributed by atoms with van der Waals surface area (Å²) in [4.78, 5) is 91.5. The molecule has 0 saturated carbocycles. The fraction of sp³-hybridized carbons (Fsp3) is 0.188. The molecule has 44 nitrogen and oxygen atoms in total. The van der Waals surface area contributed by atoms with Crippen molar-refractivity contribution in [3.8, 4) is 45.0 Å². The van der Waals surface area contributed by atoms with Gasteiger partial charge in [-0.25, -0.2) is 39.9 Å². The van der Waals surface area contributed by atoms with Gasteiger partial charge >= 0.3 is 0 Å². The van der Waals surface area contributed by atoms with Gasteiger partial charge in [0.2, 0.25) is 0 Å². The Labute approximate surface area is 869 Å². The Morgan fingerprint density at radius 3 is 0.926 bits per heavy atom. The highest BCUT2D eigenvalue weighted by Gasteiger charge is 2.30. The van der Waals surface area contributed by atoms with E-state index in [1.165, 1.54) is 16.9 Å². The zero-order chi connectivity index (χ0) is 104. The Morgan fingerprint density at radius 1 is 0.349 bits per heavy atom. The van der Waals surface area contributed by atoms with E-state index in [0.717, 1.165) is 95.0 Å². The van der Waals surface area contributed by atoms with Crippen LogP contribution in [0.1, 0.15) is 147 Å². The highest BCUT2D eigenvalue weighted by atomic mass is 35.5. The molecule has 0 aliphatic carbocycles. The number of nitrogens with zero attached hydrogens (tertiary/aromatic N) is 26. The molecule has 4 amide bonds. The van der Waals surface area contributed by atoms with Crippen LogP contribution in [-0.4, -0.2) is 201 Å². The largest absolute Gasteiger partial charge is 0.392 e. The van der Waals surface area contributed by atoms with Crippen LogP contribution in [0.25, 0.3) is 67.6 Å². The van der Waals surface area contributed by atoms with Crippen LogP contribution in [0.5, 0.6) is 0 Å². The topological polar surface area (TPSA) is 605 Å². The average molecular weight is 2080 g/mol. The summed E-state index contributed by atoms with van der Waals surface area (Å²) in [7, 11) is 0. The SMILES string of the molecule is C[C@@H](NC(=O)c1nc(-c2ccc(CN)cc2)cnc1N)c1nnc2ccc(Nc3cccc(Cl)c3)nn12.C[C@@H](NC(=O)c1nc(-c2ccc(CN3CC[C@@H](O)C3)cc2)cnc1N)c1nnc2ccc(Nc3cccc(Cl)c3)nn12.C[C@@H](NC(=O)c1nc(-c2ccc(CN3CC[C@H](O)C3)cc2)cnc1N)c1nnc2ccc(Nc3cccc(Cl)c3)nn12.C[C@@H](NC(=O)c1nc(-c2ccccc2)cnc1N)c1nnc2ccc(Cl)nn12. The van der Waals surface area contributed by atoms with Gasteiger partial charge in [0.05, 0.1) is 83.9 Å². The van der Waals surface area contributed by atoms with E-state index in [1.807, 2.05) is 140 Å². The maximum Gasteiger partial charge on any atom is 0.274 e. The standard InChI is InChI=1S/2C29H29ClN10O2.C25H23ClN10O.C18H15ClN8O/c2*1-17(28-37-36-25-10-9-24(38-40(25)28)34-21-4-2-3-20(30)13-21)33-29(42)26-27(31)32-14-23(35-26)19-7-5-18(6-8-19)15-39-12-11-22(41)16-39;1-14(24-34-33-21-10-9-20(35-36(21)24)31-18-4-2-3-17(26)11-18)30-25(37)22-23(28)29-13-19(32-22)16-7-5-15(12-27)6-8-16;1-10(17-25-24-14-8-7-13(19)26-27(14)17)22-18(28)15-16(20)21-9-12(23-15)11-5-3-2-4-6-11/h2*2-10,13-14,17,22,41H,11-12,15-16H2,1H3,(H2,31,32)(H,33,42)(H,34,38);2-11,13-14H,12,27H2,1H3,(H2,28,29)(H,30,37)(H,31,35);2-10H,1H3,(H2,20,21)(H,22,28)/t17-,22+;17-,22-;14-;10-/m1111/s1. The van der Waals surface area contributed by atoms with Crippen LogP contribution in [0.4, 0.5) is 57.8 Å². The smallest absolute Gasteiger partial charge is 0.274 e. The molecule has 754 valence electrons. The van der Waals surface area contributed by atoms with Gasteiger partial charge in [-0.15, -0.1) is 56.1 Å².